The lowest BCUT2D eigenvalue weighted by Gasteiger charge is -2.05. The van der Waals surface area contributed by atoms with Crippen LogP contribution in [0.3, 0.4) is 0 Å². The Labute approximate surface area is 161 Å². The third-order valence-electron chi connectivity index (χ3n) is 4.54. The highest BCUT2D eigenvalue weighted by Crippen LogP contribution is 2.36. The number of fused-ring (bicyclic) bond motifs is 3. The Morgan fingerprint density at radius 3 is 2.00 bits per heavy atom. The van der Waals surface area contributed by atoms with Gasteiger partial charge in [0.25, 0.3) is 0 Å². The van der Waals surface area contributed by atoms with E-state index in [0.29, 0.717) is 0 Å². The van der Waals surface area contributed by atoms with Crippen LogP contribution in [0.2, 0.25) is 0 Å². The van der Waals surface area contributed by atoms with Crippen molar-refractivity contribution in [1.29, 1.82) is 0 Å². The molecule has 5 rings (SSSR count). The Kier molecular flexibility index (Phi) is 4.00. The average molecular weight is 369 g/mol. The fourth-order valence-electron chi connectivity index (χ4n) is 3.25. The molecule has 4 aromatic carbocycles. The molecule has 0 N–H and O–H groups in total. The van der Waals surface area contributed by atoms with Crippen LogP contribution < -0.4 is 0 Å². The first-order valence-electron chi connectivity index (χ1n) is 8.61. The van der Waals surface area contributed by atoms with E-state index in [9.17, 15) is 0 Å². The summed E-state index contributed by atoms with van der Waals surface area (Å²) in [7, 11) is 0. The third kappa shape index (κ3) is 2.92. The zero-order chi connectivity index (χ0) is 17.3. The highest BCUT2D eigenvalue weighted by molar-refractivity contribution is 7.99. The minimum atomic E-state index is 1.26. The van der Waals surface area contributed by atoms with Gasteiger partial charge in [-0.15, -0.1) is 11.3 Å². The molecule has 0 unspecified atom stereocenters. The molecule has 0 amide bonds. The first kappa shape index (κ1) is 15.7. The van der Waals surface area contributed by atoms with Gasteiger partial charge in [0, 0.05) is 30.0 Å². The summed E-state index contributed by atoms with van der Waals surface area (Å²) in [4.78, 5) is 2.54. The standard InChI is InChI=1S/C24H16S2/c1-2-6-19(7-3-1)25-20-13-10-17(11-14-20)18-12-15-24-22(16-18)21-8-4-5-9-23(21)26-24/h1-16H. The lowest BCUT2D eigenvalue weighted by atomic mass is 10.0. The Morgan fingerprint density at radius 2 is 1.15 bits per heavy atom. The normalized spacial score (nSPS) is 11.2. The number of rotatable bonds is 3. The average Bonchev–Trinajstić information content (AvgIpc) is 3.07. The lowest BCUT2D eigenvalue weighted by molar-refractivity contribution is 1.41. The second kappa shape index (κ2) is 6.64. The molecule has 0 saturated heterocycles. The molecule has 2 heteroatoms. The summed E-state index contributed by atoms with van der Waals surface area (Å²) in [6.45, 7) is 0. The van der Waals surface area contributed by atoms with Crippen LogP contribution in [0.4, 0.5) is 0 Å². The largest absolute Gasteiger partial charge is 0.135 e. The van der Waals surface area contributed by atoms with E-state index in [1.54, 1.807) is 11.8 Å². The van der Waals surface area contributed by atoms with Crippen molar-refractivity contribution in [2.24, 2.45) is 0 Å². The van der Waals surface area contributed by atoms with Crippen LogP contribution >= 0.6 is 23.1 Å². The van der Waals surface area contributed by atoms with Gasteiger partial charge in [0.05, 0.1) is 0 Å². The molecule has 0 radical (unpaired) electrons. The van der Waals surface area contributed by atoms with Crippen molar-refractivity contribution in [3.05, 3.63) is 97.1 Å². The molecule has 1 aromatic heterocycles. The zero-order valence-electron chi connectivity index (χ0n) is 14.1. The fraction of sp³-hybridized carbons (Fsp3) is 0. The Morgan fingerprint density at radius 1 is 0.500 bits per heavy atom. The maximum absolute atomic E-state index is 2.33. The van der Waals surface area contributed by atoms with Crippen molar-refractivity contribution in [3.8, 4) is 11.1 Å². The molecule has 124 valence electrons. The van der Waals surface area contributed by atoms with Crippen LogP contribution in [0.15, 0.2) is 107 Å². The van der Waals surface area contributed by atoms with Crippen molar-refractivity contribution < 1.29 is 0 Å². The molecule has 0 nitrogen and oxygen atoms in total. The van der Waals surface area contributed by atoms with Crippen molar-refractivity contribution in [2.75, 3.05) is 0 Å². The number of hydrogen-bond acceptors (Lipinski definition) is 2. The molecular weight excluding hydrogens is 352 g/mol. The monoisotopic (exact) mass is 368 g/mol. The van der Waals surface area contributed by atoms with Crippen LogP contribution in [-0.2, 0) is 0 Å². The molecule has 0 atom stereocenters. The first-order valence-corrected chi connectivity index (χ1v) is 10.2. The summed E-state index contributed by atoms with van der Waals surface area (Å²) in [6, 6.07) is 34.8. The predicted octanol–water partition coefficient (Wildman–Crippen LogP) is 7.87. The van der Waals surface area contributed by atoms with Gasteiger partial charge in [0.1, 0.15) is 0 Å². The minimum Gasteiger partial charge on any atom is -0.135 e. The summed E-state index contributed by atoms with van der Waals surface area (Å²) >= 11 is 3.66. The van der Waals surface area contributed by atoms with E-state index in [1.165, 1.54) is 41.1 Å². The van der Waals surface area contributed by atoms with Crippen LogP contribution in [0.1, 0.15) is 0 Å². The van der Waals surface area contributed by atoms with Gasteiger partial charge in [-0.2, -0.15) is 0 Å². The molecule has 0 bridgehead atoms. The second-order valence-electron chi connectivity index (χ2n) is 6.25. The van der Waals surface area contributed by atoms with Crippen LogP contribution in [0.25, 0.3) is 31.3 Å². The van der Waals surface area contributed by atoms with Gasteiger partial charge in [-0.3, -0.25) is 0 Å². The summed E-state index contributed by atoms with van der Waals surface area (Å²) < 4.78 is 2.71. The zero-order valence-corrected chi connectivity index (χ0v) is 15.7. The summed E-state index contributed by atoms with van der Waals surface area (Å²) in [6.07, 6.45) is 0. The molecule has 0 saturated carbocycles. The SMILES string of the molecule is c1ccc(Sc2ccc(-c3ccc4sc5ccccc5c4c3)cc2)cc1. The summed E-state index contributed by atoms with van der Waals surface area (Å²) in [5, 5.41) is 2.71. The third-order valence-corrected chi connectivity index (χ3v) is 6.71. The second-order valence-corrected chi connectivity index (χ2v) is 8.48. The number of hydrogen-bond donors (Lipinski definition) is 0. The van der Waals surface area contributed by atoms with Crippen molar-refractivity contribution in [2.45, 2.75) is 9.79 Å². The van der Waals surface area contributed by atoms with E-state index in [1.807, 2.05) is 11.3 Å². The van der Waals surface area contributed by atoms with Gasteiger partial charge in [-0.25, -0.2) is 0 Å². The number of thiophene rings is 1. The van der Waals surface area contributed by atoms with E-state index in [0.717, 1.165) is 0 Å². The van der Waals surface area contributed by atoms with Crippen molar-refractivity contribution in [1.82, 2.24) is 0 Å². The Hall–Kier alpha value is -2.55. The topological polar surface area (TPSA) is 0 Å². The van der Waals surface area contributed by atoms with E-state index in [2.05, 4.69) is 97.1 Å². The highest BCUT2D eigenvalue weighted by atomic mass is 32.2. The highest BCUT2D eigenvalue weighted by Gasteiger charge is 2.06. The molecule has 0 aliphatic rings. The summed E-state index contributed by atoms with van der Waals surface area (Å²) in [5.41, 5.74) is 2.54. The van der Waals surface area contributed by atoms with Crippen LogP contribution in [0, 0.1) is 0 Å². The van der Waals surface area contributed by atoms with E-state index in [4.69, 9.17) is 0 Å². The van der Waals surface area contributed by atoms with E-state index < -0.39 is 0 Å². The molecule has 0 fully saturated rings. The van der Waals surface area contributed by atoms with Crippen molar-refractivity contribution >= 4 is 43.3 Å². The maximum atomic E-state index is 2.33. The van der Waals surface area contributed by atoms with Crippen molar-refractivity contribution in [3.63, 3.8) is 0 Å². The molecule has 26 heavy (non-hydrogen) atoms. The maximum Gasteiger partial charge on any atom is 0.0355 e. The smallest absolute Gasteiger partial charge is 0.0355 e. The Bertz CT molecular complexity index is 1190. The van der Waals surface area contributed by atoms with Gasteiger partial charge in [0.2, 0.25) is 0 Å². The van der Waals surface area contributed by atoms with E-state index in [-0.39, 0.29) is 0 Å². The van der Waals surface area contributed by atoms with Gasteiger partial charge in [-0.1, -0.05) is 66.4 Å². The molecule has 0 aliphatic heterocycles. The number of benzene rings is 4. The molecule has 0 spiro atoms. The molecular formula is C24H16S2. The van der Waals surface area contributed by atoms with Gasteiger partial charge in [0.15, 0.2) is 0 Å². The quantitative estimate of drug-likeness (QED) is 0.312. The summed E-state index contributed by atoms with van der Waals surface area (Å²) in [5.74, 6) is 0. The predicted molar refractivity (Wildman–Crippen MR) is 115 cm³/mol. The van der Waals surface area contributed by atoms with Crippen LogP contribution in [-0.4, -0.2) is 0 Å². The molecule has 0 aliphatic carbocycles. The van der Waals surface area contributed by atoms with Gasteiger partial charge >= 0.3 is 0 Å². The van der Waals surface area contributed by atoms with Crippen LogP contribution in [0.5, 0.6) is 0 Å². The fourth-order valence-corrected chi connectivity index (χ4v) is 5.17. The van der Waals surface area contributed by atoms with Gasteiger partial charge in [-0.05, 0) is 53.6 Å². The molecule has 1 heterocycles. The van der Waals surface area contributed by atoms with Gasteiger partial charge < -0.3 is 0 Å². The first-order chi connectivity index (χ1) is 12.9. The Balaban J connectivity index is 1.50. The minimum absolute atomic E-state index is 1.26. The lowest BCUT2D eigenvalue weighted by Crippen LogP contribution is -1.79. The molecule has 5 aromatic rings. The van der Waals surface area contributed by atoms with E-state index >= 15 is 0 Å².